The predicted molar refractivity (Wildman–Crippen MR) is 79.1 cm³/mol. The van der Waals surface area contributed by atoms with Gasteiger partial charge in [-0.05, 0) is 37.5 Å². The van der Waals surface area contributed by atoms with Crippen molar-refractivity contribution in [3.8, 4) is 0 Å². The first-order chi connectivity index (χ1) is 9.24. The first-order valence-corrected chi connectivity index (χ1v) is 7.12. The van der Waals surface area contributed by atoms with Crippen LogP contribution in [0.3, 0.4) is 0 Å². The highest BCUT2D eigenvalue weighted by molar-refractivity contribution is 5.19. The first kappa shape index (κ1) is 13.9. The van der Waals surface area contributed by atoms with Crippen molar-refractivity contribution >= 4 is 0 Å². The Balaban J connectivity index is 2.12. The van der Waals surface area contributed by atoms with E-state index in [9.17, 15) is 0 Å². The summed E-state index contributed by atoms with van der Waals surface area (Å²) in [6.07, 6.45) is 2.09. The van der Waals surface area contributed by atoms with Gasteiger partial charge in [0.2, 0.25) is 0 Å². The summed E-state index contributed by atoms with van der Waals surface area (Å²) in [7, 11) is 0. The molecule has 2 nitrogen and oxygen atoms in total. The molecule has 0 saturated carbocycles. The molecule has 2 heteroatoms. The molecule has 0 aliphatic heterocycles. The smallest absolute Gasteiger partial charge is 0.121 e. The fourth-order valence-electron chi connectivity index (χ4n) is 2.42. The van der Waals surface area contributed by atoms with E-state index in [0.717, 1.165) is 24.4 Å². The largest absolute Gasteiger partial charge is 0.465 e. The van der Waals surface area contributed by atoms with Crippen molar-refractivity contribution in [2.24, 2.45) is 0 Å². The molecular weight excluding hydrogens is 234 g/mol. The van der Waals surface area contributed by atoms with Crippen LogP contribution >= 0.6 is 0 Å². The number of hydrogen-bond acceptors (Lipinski definition) is 2. The maximum atomic E-state index is 5.76. The third kappa shape index (κ3) is 3.48. The summed E-state index contributed by atoms with van der Waals surface area (Å²) in [4.78, 5) is 0. The molecule has 1 heterocycles. The van der Waals surface area contributed by atoms with Crippen LogP contribution < -0.4 is 5.32 Å². The lowest BCUT2D eigenvalue weighted by atomic mass is 10.0. The van der Waals surface area contributed by atoms with Gasteiger partial charge < -0.3 is 9.73 Å². The number of hydrogen-bond donors (Lipinski definition) is 1. The summed E-state index contributed by atoms with van der Waals surface area (Å²) in [5.74, 6) is 2.01. The summed E-state index contributed by atoms with van der Waals surface area (Å²) < 4.78 is 5.76. The summed E-state index contributed by atoms with van der Waals surface area (Å²) in [5, 5.41) is 3.71. The van der Waals surface area contributed by atoms with Crippen molar-refractivity contribution < 1.29 is 4.42 Å². The van der Waals surface area contributed by atoms with E-state index >= 15 is 0 Å². The van der Waals surface area contributed by atoms with E-state index in [0.29, 0.717) is 6.04 Å². The van der Waals surface area contributed by atoms with Crippen LogP contribution in [0.4, 0.5) is 0 Å². The van der Waals surface area contributed by atoms with Crippen LogP contribution in [0, 0.1) is 6.92 Å². The lowest BCUT2D eigenvalue weighted by Gasteiger charge is -2.23. The van der Waals surface area contributed by atoms with Crippen LogP contribution in [0.5, 0.6) is 0 Å². The minimum Gasteiger partial charge on any atom is -0.465 e. The molecule has 1 unspecified atom stereocenters. The molecule has 2 aromatic rings. The standard InChI is InChI=1S/C17H23NO/c1-4-15(14-9-7-6-8-10-14)18-16(5-2)17-12-11-13(3)19-17/h6-12,15-16,18H,4-5H2,1-3H3/t15-,16?/m0/s1. The molecule has 0 spiro atoms. The van der Waals surface area contributed by atoms with E-state index in [-0.39, 0.29) is 6.04 Å². The second-order valence-corrected chi connectivity index (χ2v) is 4.95. The average molecular weight is 257 g/mol. The van der Waals surface area contributed by atoms with Crippen LogP contribution in [0.2, 0.25) is 0 Å². The maximum absolute atomic E-state index is 5.76. The molecule has 0 amide bonds. The Morgan fingerprint density at radius 3 is 2.16 bits per heavy atom. The van der Waals surface area contributed by atoms with Gasteiger partial charge in [0.1, 0.15) is 11.5 Å². The lowest BCUT2D eigenvalue weighted by Crippen LogP contribution is -2.25. The van der Waals surface area contributed by atoms with E-state index in [1.165, 1.54) is 5.56 Å². The van der Waals surface area contributed by atoms with E-state index < -0.39 is 0 Å². The Kier molecular flexibility index (Phi) is 4.80. The van der Waals surface area contributed by atoms with Gasteiger partial charge in [-0.25, -0.2) is 0 Å². The summed E-state index contributed by atoms with van der Waals surface area (Å²) in [5.41, 5.74) is 1.34. The SMILES string of the molecule is CCC(N[C@@H](CC)c1ccccc1)c1ccc(C)o1. The number of nitrogens with one attached hydrogen (secondary N) is 1. The second-order valence-electron chi connectivity index (χ2n) is 4.95. The van der Waals surface area contributed by atoms with Gasteiger partial charge in [0.25, 0.3) is 0 Å². The normalized spacial score (nSPS) is 14.3. The Morgan fingerprint density at radius 1 is 0.947 bits per heavy atom. The molecule has 2 atom stereocenters. The molecule has 19 heavy (non-hydrogen) atoms. The fourth-order valence-corrected chi connectivity index (χ4v) is 2.42. The molecule has 0 aliphatic carbocycles. The van der Waals surface area contributed by atoms with Gasteiger partial charge in [-0.1, -0.05) is 44.2 Å². The highest BCUT2D eigenvalue weighted by Gasteiger charge is 2.18. The average Bonchev–Trinajstić information content (AvgIpc) is 2.88. The van der Waals surface area contributed by atoms with Crippen LogP contribution in [0.1, 0.15) is 55.9 Å². The fraction of sp³-hybridized carbons (Fsp3) is 0.412. The van der Waals surface area contributed by atoms with Gasteiger partial charge in [0.05, 0.1) is 6.04 Å². The molecule has 0 radical (unpaired) electrons. The Hall–Kier alpha value is -1.54. The molecule has 102 valence electrons. The molecule has 0 aliphatic rings. The van der Waals surface area contributed by atoms with E-state index in [2.05, 4.69) is 55.6 Å². The number of rotatable bonds is 6. The van der Waals surface area contributed by atoms with Crippen molar-refractivity contribution in [3.05, 3.63) is 59.5 Å². The quantitative estimate of drug-likeness (QED) is 0.805. The number of aryl methyl sites for hydroxylation is 1. The first-order valence-electron chi connectivity index (χ1n) is 7.12. The van der Waals surface area contributed by atoms with Crippen molar-refractivity contribution in [2.75, 3.05) is 0 Å². The maximum Gasteiger partial charge on any atom is 0.121 e. The van der Waals surface area contributed by atoms with Crippen LogP contribution in [0.25, 0.3) is 0 Å². The number of furan rings is 1. The van der Waals surface area contributed by atoms with Crippen LogP contribution in [-0.2, 0) is 0 Å². The predicted octanol–water partition coefficient (Wildman–Crippen LogP) is 4.78. The van der Waals surface area contributed by atoms with Gasteiger partial charge in [-0.15, -0.1) is 0 Å². The third-order valence-corrected chi connectivity index (χ3v) is 3.53. The van der Waals surface area contributed by atoms with Crippen molar-refractivity contribution in [2.45, 2.75) is 45.7 Å². The minimum absolute atomic E-state index is 0.277. The zero-order valence-corrected chi connectivity index (χ0v) is 12.0. The summed E-state index contributed by atoms with van der Waals surface area (Å²) >= 11 is 0. The summed E-state index contributed by atoms with van der Waals surface area (Å²) in [6.45, 7) is 6.39. The Morgan fingerprint density at radius 2 is 1.63 bits per heavy atom. The van der Waals surface area contributed by atoms with E-state index in [1.807, 2.05) is 13.0 Å². The van der Waals surface area contributed by atoms with Gasteiger partial charge >= 0.3 is 0 Å². The van der Waals surface area contributed by atoms with Crippen molar-refractivity contribution in [3.63, 3.8) is 0 Å². The lowest BCUT2D eigenvalue weighted by molar-refractivity contribution is 0.355. The van der Waals surface area contributed by atoms with E-state index in [1.54, 1.807) is 0 Å². The molecular formula is C17H23NO. The molecule has 1 aromatic heterocycles. The van der Waals surface area contributed by atoms with Crippen LogP contribution in [0.15, 0.2) is 46.9 Å². The van der Waals surface area contributed by atoms with Gasteiger partial charge in [0, 0.05) is 6.04 Å². The summed E-state index contributed by atoms with van der Waals surface area (Å²) in [6, 6.07) is 15.4. The molecule has 0 fully saturated rings. The zero-order valence-electron chi connectivity index (χ0n) is 12.0. The van der Waals surface area contributed by atoms with Gasteiger partial charge in [-0.3, -0.25) is 0 Å². The Labute approximate surface area is 115 Å². The zero-order chi connectivity index (χ0) is 13.7. The highest BCUT2D eigenvalue weighted by Crippen LogP contribution is 2.25. The molecule has 0 bridgehead atoms. The highest BCUT2D eigenvalue weighted by atomic mass is 16.3. The molecule has 1 aromatic carbocycles. The number of benzene rings is 1. The van der Waals surface area contributed by atoms with E-state index in [4.69, 9.17) is 4.42 Å². The third-order valence-electron chi connectivity index (χ3n) is 3.53. The van der Waals surface area contributed by atoms with Crippen LogP contribution in [-0.4, -0.2) is 0 Å². The monoisotopic (exact) mass is 257 g/mol. The molecule has 1 N–H and O–H groups in total. The van der Waals surface area contributed by atoms with Crippen molar-refractivity contribution in [1.29, 1.82) is 0 Å². The Bertz CT molecular complexity index is 489. The molecule has 2 rings (SSSR count). The van der Waals surface area contributed by atoms with Gasteiger partial charge in [-0.2, -0.15) is 0 Å². The topological polar surface area (TPSA) is 25.2 Å². The second kappa shape index (κ2) is 6.58. The van der Waals surface area contributed by atoms with Gasteiger partial charge in [0.15, 0.2) is 0 Å². The molecule has 0 saturated heterocycles. The van der Waals surface area contributed by atoms with Crippen molar-refractivity contribution in [1.82, 2.24) is 5.32 Å². The minimum atomic E-state index is 0.277.